The van der Waals surface area contributed by atoms with Crippen molar-refractivity contribution in [3.8, 4) is 11.5 Å². The Morgan fingerprint density at radius 1 is 1.35 bits per heavy atom. The molecule has 1 rings (SSSR count). The number of phenolic OH excluding ortho intramolecular Hbond substituents is 1. The van der Waals surface area contributed by atoms with Gasteiger partial charge in [0.1, 0.15) is 6.04 Å². The molecule has 0 unspecified atom stereocenters. The highest BCUT2D eigenvalue weighted by molar-refractivity contribution is 5.75. The Morgan fingerprint density at radius 3 is 2.60 bits per heavy atom. The SMILES string of the molecule is COc1cccc(CN[C@@H](CCC(=O)O)C(=O)O)c1O. The molecule has 1 aromatic carbocycles. The number of carboxylic acids is 2. The lowest BCUT2D eigenvalue weighted by Crippen LogP contribution is -2.36. The Labute approximate surface area is 115 Å². The van der Waals surface area contributed by atoms with Crippen molar-refractivity contribution in [1.29, 1.82) is 0 Å². The van der Waals surface area contributed by atoms with Crippen molar-refractivity contribution in [2.75, 3.05) is 7.11 Å². The lowest BCUT2D eigenvalue weighted by molar-refractivity contribution is -0.140. The number of benzene rings is 1. The molecule has 110 valence electrons. The molecule has 20 heavy (non-hydrogen) atoms. The summed E-state index contributed by atoms with van der Waals surface area (Å²) in [5.74, 6) is -1.96. The summed E-state index contributed by atoms with van der Waals surface area (Å²) >= 11 is 0. The van der Waals surface area contributed by atoms with Crippen molar-refractivity contribution in [1.82, 2.24) is 5.32 Å². The zero-order chi connectivity index (χ0) is 15.1. The van der Waals surface area contributed by atoms with Crippen molar-refractivity contribution in [2.24, 2.45) is 0 Å². The predicted octanol–water partition coefficient (Wildman–Crippen LogP) is 0.808. The first-order valence-corrected chi connectivity index (χ1v) is 5.98. The molecule has 0 aromatic heterocycles. The van der Waals surface area contributed by atoms with Crippen LogP contribution >= 0.6 is 0 Å². The summed E-state index contributed by atoms with van der Waals surface area (Å²) in [7, 11) is 1.42. The minimum atomic E-state index is -1.13. The predicted molar refractivity (Wildman–Crippen MR) is 69.8 cm³/mol. The molecule has 4 N–H and O–H groups in total. The second-order valence-corrected chi connectivity index (χ2v) is 4.17. The second kappa shape index (κ2) is 7.34. The molecule has 0 aliphatic carbocycles. The van der Waals surface area contributed by atoms with E-state index < -0.39 is 18.0 Å². The molecule has 0 aliphatic rings. The third-order valence-electron chi connectivity index (χ3n) is 2.79. The monoisotopic (exact) mass is 283 g/mol. The fourth-order valence-electron chi connectivity index (χ4n) is 1.69. The van der Waals surface area contributed by atoms with Gasteiger partial charge in [-0.1, -0.05) is 12.1 Å². The molecule has 7 nitrogen and oxygen atoms in total. The number of hydrogen-bond acceptors (Lipinski definition) is 5. The number of carbonyl (C=O) groups is 2. The molecule has 0 heterocycles. The van der Waals surface area contributed by atoms with Crippen LogP contribution in [0.1, 0.15) is 18.4 Å². The van der Waals surface area contributed by atoms with Crippen molar-refractivity contribution in [3.05, 3.63) is 23.8 Å². The van der Waals surface area contributed by atoms with Crippen molar-refractivity contribution >= 4 is 11.9 Å². The number of nitrogens with one attached hydrogen (secondary N) is 1. The van der Waals surface area contributed by atoms with Crippen LogP contribution in [0.15, 0.2) is 18.2 Å². The van der Waals surface area contributed by atoms with Crippen LogP contribution < -0.4 is 10.1 Å². The number of phenols is 1. The van der Waals surface area contributed by atoms with Crippen LogP contribution in [-0.4, -0.2) is 40.4 Å². The first kappa shape index (κ1) is 15.8. The molecule has 0 radical (unpaired) electrons. The molecule has 0 saturated heterocycles. The number of hydrogen-bond donors (Lipinski definition) is 4. The van der Waals surface area contributed by atoms with E-state index in [-0.39, 0.29) is 25.1 Å². The molecule has 0 amide bonds. The number of aromatic hydroxyl groups is 1. The molecule has 0 aliphatic heterocycles. The fourth-order valence-corrected chi connectivity index (χ4v) is 1.69. The Kier molecular flexibility index (Phi) is 5.79. The highest BCUT2D eigenvalue weighted by Crippen LogP contribution is 2.29. The summed E-state index contributed by atoms with van der Waals surface area (Å²) in [6.07, 6.45) is -0.274. The molecule has 0 saturated carbocycles. The average Bonchev–Trinajstić information content (AvgIpc) is 2.39. The Hall–Kier alpha value is -2.28. The lowest BCUT2D eigenvalue weighted by Gasteiger charge is -2.15. The third kappa shape index (κ3) is 4.43. The quantitative estimate of drug-likeness (QED) is 0.557. The van der Waals surface area contributed by atoms with E-state index in [9.17, 15) is 14.7 Å². The van der Waals surface area contributed by atoms with E-state index >= 15 is 0 Å². The standard InChI is InChI=1S/C13H17NO6/c1-20-10-4-2-3-8(12(10)17)7-14-9(13(18)19)5-6-11(15)16/h2-4,9,14,17H,5-7H2,1H3,(H,15,16)(H,18,19)/t9-/m0/s1. The fraction of sp³-hybridized carbons (Fsp3) is 0.385. The van der Waals surface area contributed by atoms with Gasteiger partial charge in [-0.2, -0.15) is 0 Å². The zero-order valence-corrected chi connectivity index (χ0v) is 11.0. The Balaban J connectivity index is 2.68. The summed E-state index contributed by atoms with van der Waals surface area (Å²) < 4.78 is 4.95. The maximum absolute atomic E-state index is 11.0. The van der Waals surface area contributed by atoms with Crippen LogP contribution in [-0.2, 0) is 16.1 Å². The number of methoxy groups -OCH3 is 1. The van der Waals surface area contributed by atoms with Gasteiger partial charge in [0.15, 0.2) is 11.5 Å². The van der Waals surface area contributed by atoms with Gasteiger partial charge >= 0.3 is 11.9 Å². The van der Waals surface area contributed by atoms with E-state index in [1.165, 1.54) is 7.11 Å². The minimum absolute atomic E-state index is 0.0323. The van der Waals surface area contributed by atoms with Crippen LogP contribution in [0.25, 0.3) is 0 Å². The normalized spacial score (nSPS) is 11.8. The maximum atomic E-state index is 11.0. The summed E-state index contributed by atoms with van der Waals surface area (Å²) in [6, 6.07) is 3.89. The van der Waals surface area contributed by atoms with Gasteiger partial charge in [-0.05, 0) is 12.5 Å². The summed E-state index contributed by atoms with van der Waals surface area (Å²) in [5, 5.41) is 30.1. The largest absolute Gasteiger partial charge is 0.504 e. The topological polar surface area (TPSA) is 116 Å². The first-order chi connectivity index (χ1) is 9.45. The van der Waals surface area contributed by atoms with E-state index in [1.54, 1.807) is 18.2 Å². The van der Waals surface area contributed by atoms with Gasteiger partial charge in [-0.25, -0.2) is 0 Å². The lowest BCUT2D eigenvalue weighted by atomic mass is 10.1. The van der Waals surface area contributed by atoms with Gasteiger partial charge < -0.3 is 25.4 Å². The highest BCUT2D eigenvalue weighted by atomic mass is 16.5. The van der Waals surface area contributed by atoms with Gasteiger partial charge in [0.2, 0.25) is 0 Å². The second-order valence-electron chi connectivity index (χ2n) is 4.17. The van der Waals surface area contributed by atoms with E-state index in [4.69, 9.17) is 14.9 Å². The molecule has 0 spiro atoms. The number of rotatable bonds is 8. The number of carboxylic acid groups (broad SMARTS) is 2. The van der Waals surface area contributed by atoms with Crippen LogP contribution in [0.3, 0.4) is 0 Å². The number of ether oxygens (including phenoxy) is 1. The summed E-state index contributed by atoms with van der Waals surface area (Å²) in [5.41, 5.74) is 0.478. The number of para-hydroxylation sites is 1. The smallest absolute Gasteiger partial charge is 0.320 e. The third-order valence-corrected chi connectivity index (χ3v) is 2.79. The summed E-state index contributed by atoms with van der Waals surface area (Å²) in [6.45, 7) is 0.0968. The van der Waals surface area contributed by atoms with Crippen molar-refractivity contribution in [2.45, 2.75) is 25.4 Å². The van der Waals surface area contributed by atoms with Crippen LogP contribution in [0, 0.1) is 0 Å². The van der Waals surface area contributed by atoms with Crippen LogP contribution in [0.4, 0.5) is 0 Å². The Bertz CT molecular complexity index is 488. The molecule has 7 heteroatoms. The first-order valence-electron chi connectivity index (χ1n) is 5.98. The highest BCUT2D eigenvalue weighted by Gasteiger charge is 2.18. The van der Waals surface area contributed by atoms with Gasteiger partial charge in [-0.15, -0.1) is 0 Å². The van der Waals surface area contributed by atoms with Gasteiger partial charge in [0.25, 0.3) is 0 Å². The van der Waals surface area contributed by atoms with Crippen LogP contribution in [0.2, 0.25) is 0 Å². The molecule has 0 fully saturated rings. The van der Waals surface area contributed by atoms with Gasteiger partial charge in [0, 0.05) is 18.5 Å². The van der Waals surface area contributed by atoms with Crippen molar-refractivity contribution < 1.29 is 29.6 Å². The van der Waals surface area contributed by atoms with Gasteiger partial charge in [-0.3, -0.25) is 9.59 Å². The van der Waals surface area contributed by atoms with Crippen LogP contribution in [0.5, 0.6) is 11.5 Å². The van der Waals surface area contributed by atoms with E-state index in [0.29, 0.717) is 11.3 Å². The van der Waals surface area contributed by atoms with Crippen molar-refractivity contribution in [3.63, 3.8) is 0 Å². The van der Waals surface area contributed by atoms with E-state index in [1.807, 2.05) is 0 Å². The number of aliphatic carboxylic acids is 2. The molecule has 0 bridgehead atoms. The zero-order valence-electron chi connectivity index (χ0n) is 11.0. The van der Waals surface area contributed by atoms with E-state index in [0.717, 1.165) is 0 Å². The van der Waals surface area contributed by atoms with E-state index in [2.05, 4.69) is 5.32 Å². The molecule has 1 aromatic rings. The minimum Gasteiger partial charge on any atom is -0.504 e. The molecular weight excluding hydrogens is 266 g/mol. The Morgan fingerprint density at radius 2 is 2.05 bits per heavy atom. The molecular formula is C13H17NO6. The summed E-state index contributed by atoms with van der Waals surface area (Å²) in [4.78, 5) is 21.5. The average molecular weight is 283 g/mol. The maximum Gasteiger partial charge on any atom is 0.320 e. The molecule has 1 atom stereocenters. The van der Waals surface area contributed by atoms with Gasteiger partial charge in [0.05, 0.1) is 7.11 Å².